The van der Waals surface area contributed by atoms with Crippen LogP contribution in [0, 0.1) is 0 Å². The summed E-state index contributed by atoms with van der Waals surface area (Å²) in [5.74, 6) is 0.854. The van der Waals surface area contributed by atoms with Crippen LogP contribution in [0.5, 0.6) is 5.75 Å². The first kappa shape index (κ1) is 13.7. The van der Waals surface area contributed by atoms with E-state index < -0.39 is 0 Å². The van der Waals surface area contributed by atoms with Gasteiger partial charge in [0, 0.05) is 24.7 Å². The van der Waals surface area contributed by atoms with Crippen molar-refractivity contribution in [2.75, 3.05) is 25.7 Å². The van der Waals surface area contributed by atoms with Crippen molar-refractivity contribution in [2.24, 2.45) is 0 Å². The summed E-state index contributed by atoms with van der Waals surface area (Å²) in [6.07, 6.45) is 0.416. The first-order chi connectivity index (χ1) is 9.08. The van der Waals surface area contributed by atoms with Gasteiger partial charge in [-0.05, 0) is 37.6 Å². The van der Waals surface area contributed by atoms with Gasteiger partial charge in [0.05, 0.1) is 20.1 Å². The van der Waals surface area contributed by atoms with E-state index in [2.05, 4.69) is 24.9 Å². The molecule has 0 fully saturated rings. The van der Waals surface area contributed by atoms with Crippen LogP contribution in [0.25, 0.3) is 0 Å². The summed E-state index contributed by atoms with van der Waals surface area (Å²) in [5, 5.41) is 0. The zero-order chi connectivity index (χ0) is 14.0. The standard InChI is InChI=1S/C15H21NO3/c1-5-19-15(17)9-12-10(2)16(3)14-7-6-11(18-4)8-13(12)14/h6-8,10,12H,5,9H2,1-4H3. The van der Waals surface area contributed by atoms with Crippen LogP contribution in [0.1, 0.15) is 31.7 Å². The Kier molecular flexibility index (Phi) is 3.98. The highest BCUT2D eigenvalue weighted by Crippen LogP contribution is 2.43. The number of hydrogen-bond acceptors (Lipinski definition) is 4. The summed E-state index contributed by atoms with van der Waals surface area (Å²) in [6.45, 7) is 4.40. The quantitative estimate of drug-likeness (QED) is 0.783. The minimum Gasteiger partial charge on any atom is -0.497 e. The van der Waals surface area contributed by atoms with Gasteiger partial charge in [-0.25, -0.2) is 0 Å². The van der Waals surface area contributed by atoms with E-state index in [0.29, 0.717) is 13.0 Å². The largest absolute Gasteiger partial charge is 0.497 e. The maximum atomic E-state index is 11.7. The number of methoxy groups -OCH3 is 1. The Bertz CT molecular complexity index is 472. The molecule has 0 amide bonds. The van der Waals surface area contributed by atoms with E-state index in [-0.39, 0.29) is 17.9 Å². The molecule has 2 atom stereocenters. The molecule has 0 bridgehead atoms. The lowest BCUT2D eigenvalue weighted by molar-refractivity contribution is -0.143. The molecule has 1 heterocycles. The number of nitrogens with zero attached hydrogens (tertiary/aromatic N) is 1. The predicted molar refractivity (Wildman–Crippen MR) is 74.9 cm³/mol. The van der Waals surface area contributed by atoms with Crippen molar-refractivity contribution in [1.82, 2.24) is 0 Å². The average Bonchev–Trinajstić information content (AvgIpc) is 2.64. The Morgan fingerprint density at radius 3 is 2.79 bits per heavy atom. The Hall–Kier alpha value is -1.71. The Labute approximate surface area is 114 Å². The van der Waals surface area contributed by atoms with Crippen molar-refractivity contribution in [1.29, 1.82) is 0 Å². The molecule has 0 radical (unpaired) electrons. The molecule has 1 aromatic carbocycles. The molecule has 19 heavy (non-hydrogen) atoms. The van der Waals surface area contributed by atoms with E-state index in [1.165, 1.54) is 11.3 Å². The molecule has 0 aliphatic carbocycles. The van der Waals surface area contributed by atoms with Crippen LogP contribution >= 0.6 is 0 Å². The number of fused-ring (bicyclic) bond motifs is 1. The second kappa shape index (κ2) is 5.51. The van der Waals surface area contributed by atoms with Gasteiger partial charge in [-0.3, -0.25) is 4.79 Å². The SMILES string of the molecule is CCOC(=O)CC1c2cc(OC)ccc2N(C)C1C. The van der Waals surface area contributed by atoms with Crippen molar-refractivity contribution >= 4 is 11.7 Å². The molecule has 0 N–H and O–H groups in total. The van der Waals surface area contributed by atoms with Gasteiger partial charge < -0.3 is 14.4 Å². The monoisotopic (exact) mass is 263 g/mol. The number of esters is 1. The Balaban J connectivity index is 2.28. The molecule has 104 valence electrons. The van der Waals surface area contributed by atoms with Gasteiger partial charge in [-0.15, -0.1) is 0 Å². The van der Waals surface area contributed by atoms with Crippen LogP contribution in [0.4, 0.5) is 5.69 Å². The van der Waals surface area contributed by atoms with E-state index in [1.54, 1.807) is 7.11 Å². The zero-order valence-corrected chi connectivity index (χ0v) is 12.0. The van der Waals surface area contributed by atoms with Gasteiger partial charge in [0.15, 0.2) is 0 Å². The maximum absolute atomic E-state index is 11.7. The molecule has 0 saturated carbocycles. The lowest BCUT2D eigenvalue weighted by Gasteiger charge is -2.22. The van der Waals surface area contributed by atoms with Gasteiger partial charge in [0.1, 0.15) is 5.75 Å². The minimum absolute atomic E-state index is 0.136. The normalized spacial score (nSPS) is 21.2. The van der Waals surface area contributed by atoms with Gasteiger partial charge >= 0.3 is 5.97 Å². The van der Waals surface area contributed by atoms with E-state index >= 15 is 0 Å². The Morgan fingerprint density at radius 2 is 2.16 bits per heavy atom. The van der Waals surface area contributed by atoms with E-state index in [4.69, 9.17) is 9.47 Å². The molecule has 2 unspecified atom stereocenters. The number of ether oxygens (including phenoxy) is 2. The highest BCUT2D eigenvalue weighted by molar-refractivity contribution is 5.73. The van der Waals surface area contributed by atoms with Gasteiger partial charge in [-0.2, -0.15) is 0 Å². The smallest absolute Gasteiger partial charge is 0.306 e. The summed E-state index contributed by atoms with van der Waals surface area (Å²) in [6, 6.07) is 6.32. The molecular weight excluding hydrogens is 242 g/mol. The zero-order valence-electron chi connectivity index (χ0n) is 12.0. The topological polar surface area (TPSA) is 38.8 Å². The fourth-order valence-corrected chi connectivity index (χ4v) is 2.71. The fraction of sp³-hybridized carbons (Fsp3) is 0.533. The summed E-state index contributed by atoms with van der Waals surface area (Å²) in [4.78, 5) is 14.0. The van der Waals surface area contributed by atoms with Crippen LogP contribution in [0.3, 0.4) is 0 Å². The number of hydrogen-bond donors (Lipinski definition) is 0. The maximum Gasteiger partial charge on any atom is 0.306 e. The van der Waals surface area contributed by atoms with Crippen molar-refractivity contribution in [3.63, 3.8) is 0 Å². The van der Waals surface area contributed by atoms with Gasteiger partial charge in [0.25, 0.3) is 0 Å². The Morgan fingerprint density at radius 1 is 1.42 bits per heavy atom. The van der Waals surface area contributed by atoms with Crippen LogP contribution in [0.2, 0.25) is 0 Å². The van der Waals surface area contributed by atoms with Crippen molar-refractivity contribution < 1.29 is 14.3 Å². The fourth-order valence-electron chi connectivity index (χ4n) is 2.71. The van der Waals surface area contributed by atoms with Crippen LogP contribution in [-0.2, 0) is 9.53 Å². The van der Waals surface area contributed by atoms with E-state index in [0.717, 1.165) is 5.75 Å². The van der Waals surface area contributed by atoms with Crippen LogP contribution < -0.4 is 9.64 Å². The number of carbonyl (C=O) groups is 1. The van der Waals surface area contributed by atoms with E-state index in [1.807, 2.05) is 19.1 Å². The first-order valence-corrected chi connectivity index (χ1v) is 6.64. The van der Waals surface area contributed by atoms with Gasteiger partial charge in [-0.1, -0.05) is 0 Å². The second-order valence-corrected chi connectivity index (χ2v) is 4.89. The molecule has 1 aliphatic rings. The summed E-state index contributed by atoms with van der Waals surface area (Å²) < 4.78 is 10.3. The third-order valence-electron chi connectivity index (χ3n) is 3.90. The second-order valence-electron chi connectivity index (χ2n) is 4.89. The van der Waals surface area contributed by atoms with Crippen molar-refractivity contribution in [2.45, 2.75) is 32.2 Å². The molecule has 1 aliphatic heterocycles. The van der Waals surface area contributed by atoms with Crippen LogP contribution in [-0.4, -0.2) is 32.8 Å². The number of benzene rings is 1. The third-order valence-corrected chi connectivity index (χ3v) is 3.90. The molecule has 4 heteroatoms. The summed E-state index contributed by atoms with van der Waals surface area (Å²) in [5.41, 5.74) is 2.34. The molecular formula is C15H21NO3. The van der Waals surface area contributed by atoms with Crippen molar-refractivity contribution in [3.05, 3.63) is 23.8 Å². The highest BCUT2D eigenvalue weighted by Gasteiger charge is 2.35. The number of rotatable bonds is 4. The average molecular weight is 263 g/mol. The predicted octanol–water partition coefficient (Wildman–Crippen LogP) is 2.57. The lowest BCUT2D eigenvalue weighted by Crippen LogP contribution is -2.28. The minimum atomic E-state index is -0.136. The summed E-state index contributed by atoms with van der Waals surface area (Å²) in [7, 11) is 3.71. The number of anilines is 1. The van der Waals surface area contributed by atoms with E-state index in [9.17, 15) is 4.79 Å². The molecule has 1 aromatic rings. The molecule has 2 rings (SSSR count). The highest BCUT2D eigenvalue weighted by atomic mass is 16.5. The molecule has 0 spiro atoms. The molecule has 0 saturated heterocycles. The van der Waals surface area contributed by atoms with Crippen molar-refractivity contribution in [3.8, 4) is 5.75 Å². The number of likely N-dealkylation sites (N-methyl/N-ethyl adjacent to an activating group) is 1. The number of carbonyl (C=O) groups excluding carboxylic acids is 1. The molecule has 4 nitrogen and oxygen atoms in total. The third kappa shape index (κ3) is 2.53. The molecule has 0 aromatic heterocycles. The van der Waals surface area contributed by atoms with Gasteiger partial charge in [0.2, 0.25) is 0 Å². The van der Waals surface area contributed by atoms with Crippen LogP contribution in [0.15, 0.2) is 18.2 Å². The lowest BCUT2D eigenvalue weighted by atomic mass is 9.92. The summed E-state index contributed by atoms with van der Waals surface area (Å²) >= 11 is 0. The first-order valence-electron chi connectivity index (χ1n) is 6.64.